The van der Waals surface area contributed by atoms with Gasteiger partial charge in [0.2, 0.25) is 0 Å². The minimum Gasteiger partial charge on any atom is -0.455 e. The lowest BCUT2D eigenvalue weighted by Crippen LogP contribution is -2.81. The van der Waals surface area contributed by atoms with Crippen molar-refractivity contribution in [1.82, 2.24) is 9.88 Å². The maximum absolute atomic E-state index is 14.0. The fourth-order valence-electron chi connectivity index (χ4n) is 12.4. The van der Waals surface area contributed by atoms with Crippen LogP contribution in [0.2, 0.25) is 0 Å². The van der Waals surface area contributed by atoms with Gasteiger partial charge < -0.3 is 28.4 Å². The normalized spacial score (nSPS) is 50.0. The summed E-state index contributed by atoms with van der Waals surface area (Å²) in [5.41, 5.74) is -3.69. The summed E-state index contributed by atoms with van der Waals surface area (Å²) >= 11 is 0. The number of piperidine rings is 1. The Hall–Kier alpha value is -1.83. The second-order valence-electron chi connectivity index (χ2n) is 14.4. The minimum atomic E-state index is -4.61. The number of nitrogens with zero attached hydrogens (tertiary/aromatic N) is 2. The number of halogens is 3. The summed E-state index contributed by atoms with van der Waals surface area (Å²) in [4.78, 5) is 20.1. The summed E-state index contributed by atoms with van der Waals surface area (Å²) in [6, 6.07) is 1.80. The van der Waals surface area contributed by atoms with Gasteiger partial charge in [-0.25, -0.2) is 4.79 Å². The van der Waals surface area contributed by atoms with Crippen LogP contribution in [0.3, 0.4) is 0 Å². The molecule has 1 aromatic rings. The molecule has 5 aliphatic carbocycles. The monoisotopic (exact) mass is 622 g/mol. The van der Waals surface area contributed by atoms with E-state index in [0.717, 1.165) is 50.7 Å². The van der Waals surface area contributed by atoms with Crippen LogP contribution in [0.5, 0.6) is 0 Å². The molecule has 0 unspecified atom stereocenters. The molecule has 0 aromatic carbocycles. The third kappa shape index (κ3) is 3.18. The van der Waals surface area contributed by atoms with E-state index in [4.69, 9.17) is 28.4 Å². The number of rotatable bonds is 6. The Bertz CT molecular complexity index is 1350. The van der Waals surface area contributed by atoms with Gasteiger partial charge in [0.25, 0.3) is 0 Å². The molecule has 1 aromatic heterocycles. The highest BCUT2D eigenvalue weighted by Gasteiger charge is 2.94. The van der Waals surface area contributed by atoms with Crippen molar-refractivity contribution in [2.24, 2.45) is 34.5 Å². The highest BCUT2D eigenvalue weighted by molar-refractivity contribution is 5.89. The molecule has 2 saturated heterocycles. The van der Waals surface area contributed by atoms with E-state index >= 15 is 0 Å². The summed E-state index contributed by atoms with van der Waals surface area (Å²) in [6.07, 6.45) is -1.55. The first kappa shape index (κ1) is 29.6. The van der Waals surface area contributed by atoms with E-state index in [1.54, 1.807) is 21.3 Å². The van der Waals surface area contributed by atoms with E-state index in [9.17, 15) is 18.0 Å². The Morgan fingerprint density at radius 1 is 1.16 bits per heavy atom. The first-order valence-electron chi connectivity index (χ1n) is 15.8. The van der Waals surface area contributed by atoms with Crippen LogP contribution in [-0.4, -0.2) is 98.7 Å². The van der Waals surface area contributed by atoms with Crippen molar-refractivity contribution in [3.8, 4) is 0 Å². The van der Waals surface area contributed by atoms with E-state index in [0.29, 0.717) is 6.42 Å². The predicted molar refractivity (Wildman–Crippen MR) is 147 cm³/mol. The largest absolute Gasteiger partial charge is 0.455 e. The molecule has 7 bridgehead atoms. The van der Waals surface area contributed by atoms with Crippen molar-refractivity contribution in [2.45, 2.75) is 87.4 Å². The smallest absolute Gasteiger partial charge is 0.433 e. The molecule has 3 heterocycles. The van der Waals surface area contributed by atoms with E-state index < -0.39 is 40.6 Å². The number of carbonyl (C=O) groups excluding carboxylic acids is 1. The first-order valence-corrected chi connectivity index (χ1v) is 15.8. The predicted octanol–water partition coefficient (Wildman–Crippen LogP) is 3.94. The summed E-state index contributed by atoms with van der Waals surface area (Å²) in [7, 11) is 5.28. The van der Waals surface area contributed by atoms with Crippen LogP contribution in [0.25, 0.3) is 0 Å². The van der Waals surface area contributed by atoms with Gasteiger partial charge in [-0.2, -0.15) is 13.2 Å². The maximum Gasteiger partial charge on any atom is 0.433 e. The summed E-state index contributed by atoms with van der Waals surface area (Å²) in [6.45, 7) is 6.11. The number of carbonyl (C=O) groups is 1. The van der Waals surface area contributed by atoms with Gasteiger partial charge in [-0.05, 0) is 49.3 Å². The van der Waals surface area contributed by atoms with Crippen LogP contribution < -0.4 is 0 Å². The van der Waals surface area contributed by atoms with Crippen LogP contribution in [0.1, 0.15) is 55.6 Å². The molecule has 13 atom stereocenters. The van der Waals surface area contributed by atoms with Gasteiger partial charge >= 0.3 is 12.1 Å². The molecule has 0 radical (unpaired) electrons. The molecule has 7 aliphatic rings. The van der Waals surface area contributed by atoms with E-state index in [-0.39, 0.29) is 65.8 Å². The molecule has 3 spiro atoms. The van der Waals surface area contributed by atoms with Crippen LogP contribution in [0.4, 0.5) is 13.2 Å². The zero-order valence-electron chi connectivity index (χ0n) is 25.8. The van der Waals surface area contributed by atoms with E-state index in [2.05, 4.69) is 23.7 Å². The number of pyridine rings is 1. The third-order valence-corrected chi connectivity index (χ3v) is 13.3. The van der Waals surface area contributed by atoms with Crippen molar-refractivity contribution in [1.29, 1.82) is 0 Å². The lowest BCUT2D eigenvalue weighted by atomic mass is 9.43. The van der Waals surface area contributed by atoms with E-state index in [1.807, 2.05) is 0 Å². The SMILES string of the molecule is CCN1C[C@]2(C)CC[C@H](OC)[C@@]34[C@@H]5C[C@H]6[C@H](OC)[C@@H]5[C@@]5(C[C@@H]6OC)OCO[C@@]5([C@@H](OC(=O)c5ccc(C(F)(F)F)nc5)[C@H]23)[C@@H]14. The fraction of sp³-hybridized carbons (Fsp3) is 0.812. The van der Waals surface area contributed by atoms with Crippen LogP contribution >= 0.6 is 0 Å². The Balaban J connectivity index is 1.34. The molecule has 44 heavy (non-hydrogen) atoms. The Labute approximate surface area is 255 Å². The first-order chi connectivity index (χ1) is 21.0. The minimum absolute atomic E-state index is 0.0293. The van der Waals surface area contributed by atoms with Gasteiger partial charge in [0, 0.05) is 63.7 Å². The van der Waals surface area contributed by atoms with Crippen molar-refractivity contribution in [3.63, 3.8) is 0 Å². The number of hydrogen-bond donors (Lipinski definition) is 0. The van der Waals surface area contributed by atoms with Gasteiger partial charge in [-0.3, -0.25) is 9.88 Å². The standard InChI is InChI=1S/C32H41F3N2O7/c1-6-37-14-28(2)10-9-21(40-4)30-18-11-17-19(39-3)12-29(22(18)23(17)41-5)31(27(30)37,43-15-42-29)25(24(28)30)44-26(38)16-7-8-20(36-13-16)32(33,34)35/h7-8,13,17-19,21-25,27H,6,9-12,14-15H2,1-5H3/t17-,18-,19+,21+,22-,23+,24-,25+,27+,28+,29-,30+,31+/m1/s1. The number of alkyl halides is 3. The molecule has 0 amide bonds. The van der Waals surface area contributed by atoms with Crippen LogP contribution in [-0.2, 0) is 34.6 Å². The number of likely N-dealkylation sites (tertiary alicyclic amines) is 1. The van der Waals surface area contributed by atoms with Crippen LogP contribution in [0.15, 0.2) is 18.3 Å². The number of fused-ring (bicyclic) bond motifs is 1. The molecule has 0 N–H and O–H groups in total. The average Bonchev–Trinajstić information content (AvgIpc) is 3.59. The topological polar surface area (TPSA) is 88.6 Å². The van der Waals surface area contributed by atoms with Crippen molar-refractivity contribution in [2.75, 3.05) is 41.2 Å². The molecule has 9 nitrogen and oxygen atoms in total. The average molecular weight is 623 g/mol. The number of ether oxygens (including phenoxy) is 6. The summed E-state index contributed by atoms with van der Waals surface area (Å²) in [5, 5.41) is 0. The van der Waals surface area contributed by atoms with Gasteiger partial charge in [-0.1, -0.05) is 13.8 Å². The maximum atomic E-state index is 14.0. The number of aromatic nitrogens is 1. The van der Waals surface area contributed by atoms with Gasteiger partial charge in [0.05, 0.1) is 29.9 Å². The molecular weight excluding hydrogens is 581 g/mol. The second kappa shape index (κ2) is 9.38. The van der Waals surface area contributed by atoms with Crippen molar-refractivity contribution in [3.05, 3.63) is 29.6 Å². The number of esters is 1. The quantitative estimate of drug-likeness (QED) is 0.438. The van der Waals surface area contributed by atoms with Crippen molar-refractivity contribution >= 4 is 5.97 Å². The molecule has 5 saturated carbocycles. The molecule has 12 heteroatoms. The fourth-order valence-corrected chi connectivity index (χ4v) is 12.4. The second-order valence-corrected chi connectivity index (χ2v) is 14.4. The molecule has 7 fully saturated rings. The summed E-state index contributed by atoms with van der Waals surface area (Å²) < 4.78 is 79.3. The summed E-state index contributed by atoms with van der Waals surface area (Å²) in [5.74, 6) is -0.549. The Morgan fingerprint density at radius 3 is 2.59 bits per heavy atom. The lowest BCUT2D eigenvalue weighted by molar-refractivity contribution is -0.282. The Kier molecular flexibility index (Phi) is 6.30. The van der Waals surface area contributed by atoms with Gasteiger partial charge in [0.15, 0.2) is 5.60 Å². The zero-order valence-corrected chi connectivity index (χ0v) is 25.8. The van der Waals surface area contributed by atoms with Gasteiger partial charge in [-0.15, -0.1) is 0 Å². The van der Waals surface area contributed by atoms with Crippen molar-refractivity contribution < 1.29 is 46.4 Å². The molecule has 242 valence electrons. The lowest BCUT2D eigenvalue weighted by Gasteiger charge is -2.69. The third-order valence-electron chi connectivity index (χ3n) is 13.3. The van der Waals surface area contributed by atoms with Crippen LogP contribution in [0, 0.1) is 34.5 Å². The van der Waals surface area contributed by atoms with E-state index in [1.165, 1.54) is 0 Å². The van der Waals surface area contributed by atoms with Gasteiger partial charge in [0.1, 0.15) is 24.2 Å². The molecule has 2 aliphatic heterocycles. The highest BCUT2D eigenvalue weighted by Crippen LogP contribution is 2.82. The number of likely N-dealkylation sites (N-methyl/N-ethyl adjacent to an activating group) is 1. The Morgan fingerprint density at radius 2 is 1.95 bits per heavy atom. The number of methoxy groups -OCH3 is 3. The number of hydrogen-bond acceptors (Lipinski definition) is 9. The molecule has 8 rings (SSSR count). The highest BCUT2D eigenvalue weighted by atomic mass is 19.4. The zero-order chi connectivity index (χ0) is 31.0. The molecular formula is C32H41F3N2O7.